The van der Waals surface area contributed by atoms with Crippen molar-refractivity contribution < 1.29 is 0 Å². The molecule has 0 aliphatic heterocycles. The maximum absolute atomic E-state index is 2.51. The smallest absolute Gasteiger partial charge is 0.0740 e. The topological polar surface area (TPSA) is 3.24 Å². The largest absolute Gasteiger partial charge is 0.310 e. The summed E-state index contributed by atoms with van der Waals surface area (Å²) in [7, 11) is 0. The second kappa shape index (κ2) is 13.8. The molecular weight excluding hydrogens is 759 g/mol. The lowest BCUT2D eigenvalue weighted by molar-refractivity contribution is 0.633. The highest BCUT2D eigenvalue weighted by Crippen LogP contribution is 2.68. The molecule has 3 aliphatic rings. The Morgan fingerprint density at radius 3 is 1.19 bits per heavy atom. The summed E-state index contributed by atoms with van der Waals surface area (Å²) >= 11 is 0. The van der Waals surface area contributed by atoms with Crippen LogP contribution in [0.15, 0.2) is 249 Å². The van der Waals surface area contributed by atoms with E-state index in [1.54, 1.807) is 0 Å². The highest BCUT2D eigenvalue weighted by atomic mass is 15.1. The van der Waals surface area contributed by atoms with Crippen LogP contribution in [0, 0.1) is 0 Å². The fourth-order valence-electron chi connectivity index (χ4n) is 11.8. The van der Waals surface area contributed by atoms with E-state index < -0.39 is 10.8 Å². The van der Waals surface area contributed by atoms with Gasteiger partial charge in [0.1, 0.15) is 0 Å². The van der Waals surface area contributed by atoms with Crippen LogP contribution >= 0.6 is 0 Å². The summed E-state index contributed by atoms with van der Waals surface area (Å²) in [5.41, 5.74) is 22.8. The van der Waals surface area contributed by atoms with Crippen LogP contribution in [0.3, 0.4) is 0 Å². The molecule has 0 saturated carbocycles. The molecule has 10 aromatic rings. The molecule has 10 aromatic carbocycles. The second-order valence-corrected chi connectivity index (χ2v) is 17.1. The van der Waals surface area contributed by atoms with Crippen LogP contribution in [-0.2, 0) is 10.8 Å². The van der Waals surface area contributed by atoms with E-state index in [1.807, 2.05) is 0 Å². The van der Waals surface area contributed by atoms with Gasteiger partial charge in [-0.15, -0.1) is 0 Å². The first kappa shape index (κ1) is 35.7. The Bertz CT molecular complexity index is 3320. The van der Waals surface area contributed by atoms with Gasteiger partial charge in [-0.25, -0.2) is 0 Å². The van der Waals surface area contributed by atoms with Gasteiger partial charge in [0.25, 0.3) is 0 Å². The van der Waals surface area contributed by atoms with Crippen LogP contribution in [0.1, 0.15) is 44.5 Å². The average Bonchev–Trinajstić information content (AvgIpc) is 3.83. The lowest BCUT2D eigenvalue weighted by Gasteiger charge is -2.49. The minimum Gasteiger partial charge on any atom is -0.310 e. The molecule has 63 heavy (non-hydrogen) atoms. The molecule has 0 fully saturated rings. The molecule has 0 saturated heterocycles. The van der Waals surface area contributed by atoms with Crippen molar-refractivity contribution in [1.82, 2.24) is 0 Å². The van der Waals surface area contributed by atoms with Gasteiger partial charge in [-0.2, -0.15) is 0 Å². The van der Waals surface area contributed by atoms with Gasteiger partial charge in [0.05, 0.1) is 16.5 Å². The summed E-state index contributed by atoms with van der Waals surface area (Å²) in [5.74, 6) is 0. The molecule has 0 bridgehead atoms. The van der Waals surface area contributed by atoms with Gasteiger partial charge in [0.15, 0.2) is 0 Å². The molecule has 0 radical (unpaired) electrons. The van der Waals surface area contributed by atoms with Crippen LogP contribution < -0.4 is 4.90 Å². The van der Waals surface area contributed by atoms with Crippen LogP contribution in [0.4, 0.5) is 17.1 Å². The molecular formula is C62H41N. The standard InChI is InChI=1S/C62H41N/c1-3-20-42(21-4-1)43-22-17-23-44(40-43)45-24-18-27-47(41-45)63(46-25-5-2-6-26-46)59-39-19-31-51-50-30-9-12-34-54(50)62(60(51)59)57-37-15-13-35-55(57)61(56-36-14-16-38-58(56)62)52-32-10-7-28-48(52)49-29-8-11-33-53(49)61/h1-41H. The number of anilines is 3. The first-order valence-corrected chi connectivity index (χ1v) is 22.0. The predicted molar refractivity (Wildman–Crippen MR) is 260 cm³/mol. The van der Waals surface area contributed by atoms with E-state index in [9.17, 15) is 0 Å². The van der Waals surface area contributed by atoms with E-state index in [0.29, 0.717) is 0 Å². The number of nitrogens with zero attached hydrogens (tertiary/aromatic N) is 1. The van der Waals surface area contributed by atoms with Crippen LogP contribution in [0.2, 0.25) is 0 Å². The third kappa shape index (κ3) is 4.88. The second-order valence-electron chi connectivity index (χ2n) is 17.1. The number of hydrogen-bond acceptors (Lipinski definition) is 1. The van der Waals surface area contributed by atoms with Gasteiger partial charge < -0.3 is 4.90 Å². The van der Waals surface area contributed by atoms with Crippen molar-refractivity contribution in [3.8, 4) is 44.5 Å². The Morgan fingerprint density at radius 2 is 0.603 bits per heavy atom. The predicted octanol–water partition coefficient (Wildman–Crippen LogP) is 15.5. The fraction of sp³-hybridized carbons (Fsp3) is 0.0323. The van der Waals surface area contributed by atoms with Crippen molar-refractivity contribution in [1.29, 1.82) is 0 Å². The zero-order chi connectivity index (χ0) is 41.5. The minimum absolute atomic E-state index is 0.500. The van der Waals surface area contributed by atoms with Crippen LogP contribution in [0.5, 0.6) is 0 Å². The van der Waals surface area contributed by atoms with Gasteiger partial charge in [-0.3, -0.25) is 0 Å². The molecule has 0 amide bonds. The maximum Gasteiger partial charge on any atom is 0.0740 e. The third-order valence-electron chi connectivity index (χ3n) is 14.1. The molecule has 2 spiro atoms. The Balaban J connectivity index is 1.11. The first-order valence-electron chi connectivity index (χ1n) is 22.0. The summed E-state index contributed by atoms with van der Waals surface area (Å²) in [6.45, 7) is 0. The SMILES string of the molecule is c1ccc(-c2cccc(-c3cccc(N(c4ccccc4)c4cccc5c4C4(c6ccccc6-5)c5ccccc5C5(c6ccccc6-c6ccccc65)c5ccccc54)c3)c2)cc1. The van der Waals surface area contributed by atoms with Gasteiger partial charge >= 0.3 is 0 Å². The highest BCUT2D eigenvalue weighted by molar-refractivity contribution is 5.98. The fourth-order valence-corrected chi connectivity index (χ4v) is 11.8. The zero-order valence-corrected chi connectivity index (χ0v) is 34.6. The Kier molecular flexibility index (Phi) is 7.80. The molecule has 13 rings (SSSR count). The van der Waals surface area contributed by atoms with E-state index in [4.69, 9.17) is 0 Å². The molecule has 3 aliphatic carbocycles. The molecule has 0 N–H and O–H groups in total. The Hall–Kier alpha value is -8.00. The van der Waals surface area contributed by atoms with Crippen molar-refractivity contribution in [2.75, 3.05) is 4.90 Å². The van der Waals surface area contributed by atoms with E-state index in [1.165, 1.54) is 89.0 Å². The van der Waals surface area contributed by atoms with Gasteiger partial charge in [-0.1, -0.05) is 212 Å². The summed E-state index contributed by atoms with van der Waals surface area (Å²) < 4.78 is 0. The highest BCUT2D eigenvalue weighted by Gasteiger charge is 2.59. The normalized spacial score (nSPS) is 14.0. The Morgan fingerprint density at radius 1 is 0.238 bits per heavy atom. The molecule has 0 aromatic heterocycles. The van der Waals surface area contributed by atoms with Gasteiger partial charge in [-0.05, 0) is 120 Å². The number of para-hydroxylation sites is 1. The zero-order valence-electron chi connectivity index (χ0n) is 34.6. The number of benzene rings is 10. The van der Waals surface area contributed by atoms with Crippen molar-refractivity contribution in [3.63, 3.8) is 0 Å². The summed E-state index contributed by atoms with van der Waals surface area (Å²) in [6, 6.07) is 92.8. The molecule has 1 nitrogen and oxygen atoms in total. The monoisotopic (exact) mass is 799 g/mol. The molecule has 0 heterocycles. The van der Waals surface area contributed by atoms with Crippen LogP contribution in [-0.4, -0.2) is 0 Å². The van der Waals surface area contributed by atoms with E-state index in [0.717, 1.165) is 17.1 Å². The van der Waals surface area contributed by atoms with E-state index >= 15 is 0 Å². The summed E-state index contributed by atoms with van der Waals surface area (Å²) in [4.78, 5) is 2.51. The molecule has 0 atom stereocenters. The number of rotatable bonds is 5. The number of hydrogen-bond donors (Lipinski definition) is 0. The average molecular weight is 800 g/mol. The van der Waals surface area contributed by atoms with E-state index in [-0.39, 0.29) is 0 Å². The van der Waals surface area contributed by atoms with Crippen molar-refractivity contribution >= 4 is 17.1 Å². The number of fused-ring (bicyclic) bond motifs is 16. The first-order chi connectivity index (χ1) is 31.3. The minimum atomic E-state index is -0.637. The molecule has 0 unspecified atom stereocenters. The lowest BCUT2D eigenvalue weighted by atomic mass is 9.52. The van der Waals surface area contributed by atoms with Gasteiger partial charge in [0.2, 0.25) is 0 Å². The Labute approximate surface area is 368 Å². The van der Waals surface area contributed by atoms with Gasteiger partial charge in [0, 0.05) is 16.9 Å². The van der Waals surface area contributed by atoms with Crippen LogP contribution in [0.25, 0.3) is 44.5 Å². The molecule has 1 heteroatoms. The van der Waals surface area contributed by atoms with Crippen molar-refractivity contribution in [2.24, 2.45) is 0 Å². The van der Waals surface area contributed by atoms with E-state index in [2.05, 4.69) is 254 Å². The third-order valence-corrected chi connectivity index (χ3v) is 14.1. The quantitative estimate of drug-likeness (QED) is 0.168. The summed E-state index contributed by atoms with van der Waals surface area (Å²) in [5, 5.41) is 0. The van der Waals surface area contributed by atoms with Crippen molar-refractivity contribution in [2.45, 2.75) is 10.8 Å². The van der Waals surface area contributed by atoms with Crippen molar-refractivity contribution in [3.05, 3.63) is 293 Å². The maximum atomic E-state index is 2.51. The molecule has 294 valence electrons. The summed E-state index contributed by atoms with van der Waals surface area (Å²) in [6.07, 6.45) is 0. The lowest BCUT2D eigenvalue weighted by Crippen LogP contribution is -2.44.